The molecule has 0 fully saturated rings. The van der Waals surface area contributed by atoms with Crippen LogP contribution in [0.2, 0.25) is 0 Å². The monoisotopic (exact) mass is 210 g/mol. The summed E-state index contributed by atoms with van der Waals surface area (Å²) in [5, 5.41) is 15.2. The Morgan fingerprint density at radius 1 is 1.29 bits per heavy atom. The summed E-state index contributed by atoms with van der Waals surface area (Å²) in [4.78, 5) is 0. The summed E-state index contributed by atoms with van der Waals surface area (Å²) in [7, 11) is 0. The Morgan fingerprint density at radius 2 is 2.00 bits per heavy atom. The third-order valence-electron chi connectivity index (χ3n) is 1.65. The van der Waals surface area contributed by atoms with E-state index < -0.39 is 0 Å². The summed E-state index contributed by atoms with van der Waals surface area (Å²) in [5.74, 6) is 0. The van der Waals surface area contributed by atoms with Gasteiger partial charge in [0.15, 0.2) is 5.11 Å². The van der Waals surface area contributed by atoms with Crippen LogP contribution in [0.15, 0.2) is 30.3 Å². The molecule has 3 N–H and O–H groups in total. The highest BCUT2D eigenvalue weighted by atomic mass is 32.1. The van der Waals surface area contributed by atoms with E-state index in [1.807, 2.05) is 30.3 Å². The minimum Gasteiger partial charge on any atom is -0.396 e. The number of hydrogen-bond donors (Lipinski definition) is 3. The molecule has 0 saturated heterocycles. The number of benzene rings is 1. The fourth-order valence-electron chi connectivity index (χ4n) is 0.978. The number of para-hydroxylation sites is 1. The van der Waals surface area contributed by atoms with Crippen LogP contribution in [0.5, 0.6) is 0 Å². The first kappa shape index (κ1) is 10.9. The summed E-state index contributed by atoms with van der Waals surface area (Å²) in [5.41, 5.74) is 0.967. The van der Waals surface area contributed by atoms with Crippen molar-refractivity contribution in [2.75, 3.05) is 18.5 Å². The van der Waals surface area contributed by atoms with Crippen molar-refractivity contribution in [3.05, 3.63) is 30.3 Å². The number of thiocarbonyl (C=S) groups is 1. The normalized spacial score (nSPS) is 9.50. The summed E-state index contributed by atoms with van der Waals surface area (Å²) < 4.78 is 0. The molecule has 0 aromatic heterocycles. The van der Waals surface area contributed by atoms with Gasteiger partial charge in [-0.1, -0.05) is 18.2 Å². The van der Waals surface area contributed by atoms with Crippen molar-refractivity contribution < 1.29 is 5.11 Å². The lowest BCUT2D eigenvalue weighted by atomic mass is 10.3. The summed E-state index contributed by atoms with van der Waals surface area (Å²) in [6.45, 7) is 0.871. The van der Waals surface area contributed by atoms with E-state index in [-0.39, 0.29) is 6.61 Å². The molecule has 0 bridgehead atoms. The number of aliphatic hydroxyl groups is 1. The van der Waals surface area contributed by atoms with Crippen LogP contribution in [-0.2, 0) is 0 Å². The third kappa shape index (κ3) is 4.20. The molecular formula is C10H14N2OS. The van der Waals surface area contributed by atoms with Gasteiger partial charge < -0.3 is 15.7 Å². The largest absolute Gasteiger partial charge is 0.396 e. The molecule has 0 aliphatic rings. The average molecular weight is 210 g/mol. The molecule has 0 heterocycles. The summed E-state index contributed by atoms with van der Waals surface area (Å²) >= 11 is 5.05. The van der Waals surface area contributed by atoms with Gasteiger partial charge in [0, 0.05) is 18.8 Å². The van der Waals surface area contributed by atoms with Crippen molar-refractivity contribution in [2.45, 2.75) is 6.42 Å². The Bertz CT molecular complexity index is 277. The van der Waals surface area contributed by atoms with Crippen molar-refractivity contribution in [3.8, 4) is 0 Å². The maximum atomic E-state index is 8.57. The van der Waals surface area contributed by atoms with Crippen LogP contribution in [0, 0.1) is 0 Å². The Morgan fingerprint density at radius 3 is 2.64 bits per heavy atom. The molecule has 14 heavy (non-hydrogen) atoms. The highest BCUT2D eigenvalue weighted by molar-refractivity contribution is 7.80. The van der Waals surface area contributed by atoms with Gasteiger partial charge in [-0.15, -0.1) is 0 Å². The zero-order valence-corrected chi connectivity index (χ0v) is 8.68. The fraction of sp³-hybridized carbons (Fsp3) is 0.300. The molecule has 0 aliphatic heterocycles. The molecule has 3 nitrogen and oxygen atoms in total. The van der Waals surface area contributed by atoms with E-state index in [0.717, 1.165) is 5.69 Å². The standard InChI is InChI=1S/C10H14N2OS/c13-8-4-7-11-10(14)12-9-5-2-1-3-6-9/h1-3,5-6,13H,4,7-8H2,(H2,11,12,14). The first-order valence-electron chi connectivity index (χ1n) is 4.53. The predicted molar refractivity (Wildman–Crippen MR) is 62.4 cm³/mol. The van der Waals surface area contributed by atoms with Gasteiger partial charge in [0.05, 0.1) is 0 Å². The summed E-state index contributed by atoms with van der Waals surface area (Å²) in [6, 6.07) is 9.73. The Labute approximate surface area is 89.1 Å². The fourth-order valence-corrected chi connectivity index (χ4v) is 1.20. The van der Waals surface area contributed by atoms with E-state index in [4.69, 9.17) is 17.3 Å². The minimum atomic E-state index is 0.181. The Balaban J connectivity index is 2.27. The minimum absolute atomic E-state index is 0.181. The molecule has 4 heteroatoms. The van der Waals surface area contributed by atoms with Gasteiger partial charge in [-0.05, 0) is 30.8 Å². The first-order valence-corrected chi connectivity index (χ1v) is 4.94. The number of nitrogens with one attached hydrogen (secondary N) is 2. The second-order valence-corrected chi connectivity index (χ2v) is 3.23. The van der Waals surface area contributed by atoms with Gasteiger partial charge in [-0.25, -0.2) is 0 Å². The smallest absolute Gasteiger partial charge is 0.170 e. The second kappa shape index (κ2) is 6.34. The van der Waals surface area contributed by atoms with Crippen molar-refractivity contribution in [3.63, 3.8) is 0 Å². The van der Waals surface area contributed by atoms with Crippen LogP contribution in [-0.4, -0.2) is 23.4 Å². The van der Waals surface area contributed by atoms with E-state index in [1.165, 1.54) is 0 Å². The topological polar surface area (TPSA) is 44.3 Å². The molecule has 1 rings (SSSR count). The molecule has 1 aromatic carbocycles. The molecule has 76 valence electrons. The SMILES string of the molecule is OCCCNC(=S)Nc1ccccc1. The molecular weight excluding hydrogens is 196 g/mol. The zero-order chi connectivity index (χ0) is 10.2. The van der Waals surface area contributed by atoms with Crippen LogP contribution in [0.3, 0.4) is 0 Å². The highest BCUT2D eigenvalue weighted by Crippen LogP contribution is 2.03. The van der Waals surface area contributed by atoms with E-state index in [0.29, 0.717) is 18.1 Å². The van der Waals surface area contributed by atoms with E-state index in [9.17, 15) is 0 Å². The number of hydrogen-bond acceptors (Lipinski definition) is 2. The first-order chi connectivity index (χ1) is 6.83. The van der Waals surface area contributed by atoms with Crippen LogP contribution < -0.4 is 10.6 Å². The molecule has 0 aliphatic carbocycles. The van der Waals surface area contributed by atoms with Gasteiger partial charge in [0.25, 0.3) is 0 Å². The second-order valence-electron chi connectivity index (χ2n) is 2.82. The van der Waals surface area contributed by atoms with E-state index >= 15 is 0 Å². The van der Waals surface area contributed by atoms with Gasteiger partial charge in [-0.2, -0.15) is 0 Å². The lowest BCUT2D eigenvalue weighted by Gasteiger charge is -2.09. The molecule has 0 unspecified atom stereocenters. The van der Waals surface area contributed by atoms with Crippen molar-refractivity contribution in [1.29, 1.82) is 0 Å². The Kier molecular flexibility index (Phi) is 4.96. The zero-order valence-electron chi connectivity index (χ0n) is 7.86. The lowest BCUT2D eigenvalue weighted by molar-refractivity contribution is 0.289. The van der Waals surface area contributed by atoms with Crippen LogP contribution in [0.25, 0.3) is 0 Å². The van der Waals surface area contributed by atoms with Gasteiger partial charge in [-0.3, -0.25) is 0 Å². The molecule has 1 aromatic rings. The number of anilines is 1. The lowest BCUT2D eigenvalue weighted by Crippen LogP contribution is -2.29. The number of rotatable bonds is 4. The molecule has 0 spiro atoms. The van der Waals surface area contributed by atoms with E-state index in [1.54, 1.807) is 0 Å². The molecule has 0 amide bonds. The van der Waals surface area contributed by atoms with Crippen LogP contribution in [0.4, 0.5) is 5.69 Å². The van der Waals surface area contributed by atoms with Gasteiger partial charge in [0.1, 0.15) is 0 Å². The summed E-state index contributed by atoms with van der Waals surface area (Å²) in [6.07, 6.45) is 0.705. The maximum absolute atomic E-state index is 8.57. The predicted octanol–water partition coefficient (Wildman–Crippen LogP) is 1.36. The van der Waals surface area contributed by atoms with Crippen molar-refractivity contribution in [2.24, 2.45) is 0 Å². The molecule has 0 atom stereocenters. The van der Waals surface area contributed by atoms with Gasteiger partial charge >= 0.3 is 0 Å². The van der Waals surface area contributed by atoms with Crippen molar-refractivity contribution in [1.82, 2.24) is 5.32 Å². The van der Waals surface area contributed by atoms with Crippen molar-refractivity contribution >= 4 is 23.0 Å². The third-order valence-corrected chi connectivity index (χ3v) is 1.90. The molecule has 0 saturated carbocycles. The van der Waals surface area contributed by atoms with Crippen LogP contribution in [0.1, 0.15) is 6.42 Å². The quantitative estimate of drug-likeness (QED) is 0.518. The molecule has 0 radical (unpaired) electrons. The average Bonchev–Trinajstić information content (AvgIpc) is 2.20. The van der Waals surface area contributed by atoms with Gasteiger partial charge in [0.2, 0.25) is 0 Å². The maximum Gasteiger partial charge on any atom is 0.170 e. The highest BCUT2D eigenvalue weighted by Gasteiger charge is 1.94. The van der Waals surface area contributed by atoms with E-state index in [2.05, 4.69) is 10.6 Å². The number of aliphatic hydroxyl groups excluding tert-OH is 1. The Hall–Kier alpha value is -1.13. The van der Waals surface area contributed by atoms with Crippen LogP contribution >= 0.6 is 12.2 Å².